The van der Waals surface area contributed by atoms with Crippen LogP contribution in [0.1, 0.15) is 41.2 Å². The first-order chi connectivity index (χ1) is 12.3. The molecule has 0 radical (unpaired) electrons. The van der Waals surface area contributed by atoms with Crippen LogP contribution in [0.15, 0.2) is 29.1 Å². The Balaban J connectivity index is 1.39. The minimum Gasteiger partial charge on any atom is -0.381 e. The summed E-state index contributed by atoms with van der Waals surface area (Å²) in [6.07, 6.45) is 4.82. The molecule has 0 spiro atoms. The molecule has 7 heteroatoms. The van der Waals surface area contributed by atoms with Crippen molar-refractivity contribution in [2.75, 3.05) is 31.2 Å². The van der Waals surface area contributed by atoms with Gasteiger partial charge in [0.2, 0.25) is 5.95 Å². The molecular formula is C18H22N4O2S. The third-order valence-corrected chi connectivity index (χ3v) is 5.58. The maximum absolute atomic E-state index is 12.2. The summed E-state index contributed by atoms with van der Waals surface area (Å²) in [6, 6.07) is 4.02. The van der Waals surface area contributed by atoms with Gasteiger partial charge in [0.05, 0.1) is 0 Å². The first-order valence-corrected chi connectivity index (χ1v) is 9.72. The molecule has 2 aromatic heterocycles. The van der Waals surface area contributed by atoms with Crippen LogP contribution in [0, 0.1) is 0 Å². The normalized spacial score (nSPS) is 21.4. The van der Waals surface area contributed by atoms with Crippen molar-refractivity contribution in [1.82, 2.24) is 15.3 Å². The second-order valence-electron chi connectivity index (χ2n) is 6.59. The van der Waals surface area contributed by atoms with Crippen molar-refractivity contribution in [3.63, 3.8) is 0 Å². The minimum absolute atomic E-state index is 0.00461. The lowest BCUT2D eigenvalue weighted by atomic mass is 9.96. The Morgan fingerprint density at radius 3 is 2.96 bits per heavy atom. The lowest BCUT2D eigenvalue weighted by Gasteiger charge is -2.23. The van der Waals surface area contributed by atoms with E-state index in [0.717, 1.165) is 62.8 Å². The highest BCUT2D eigenvalue weighted by Crippen LogP contribution is 2.26. The van der Waals surface area contributed by atoms with Gasteiger partial charge in [-0.25, -0.2) is 9.97 Å². The standard InChI is InChI=1S/C18H22N4O2S/c23-17(14-5-10-25-12-14)20-15-2-7-22(11-15)18-19-6-1-16(21-18)13-3-8-24-9-4-13/h1,5-6,10,12-13,15H,2-4,7-9,11H2,(H,20,23). The molecule has 1 unspecified atom stereocenters. The zero-order chi connectivity index (χ0) is 17.1. The Morgan fingerprint density at radius 2 is 2.16 bits per heavy atom. The summed E-state index contributed by atoms with van der Waals surface area (Å²) in [5.41, 5.74) is 1.85. The molecule has 132 valence electrons. The molecule has 1 N–H and O–H groups in total. The molecule has 0 aliphatic carbocycles. The topological polar surface area (TPSA) is 67.4 Å². The number of ether oxygens (including phenoxy) is 1. The van der Waals surface area contributed by atoms with Crippen molar-refractivity contribution in [3.8, 4) is 0 Å². The van der Waals surface area contributed by atoms with E-state index >= 15 is 0 Å². The Hall–Kier alpha value is -1.99. The molecule has 2 aromatic rings. The highest BCUT2D eigenvalue weighted by Gasteiger charge is 2.27. The number of nitrogens with one attached hydrogen (secondary N) is 1. The van der Waals surface area contributed by atoms with Crippen molar-refractivity contribution in [1.29, 1.82) is 0 Å². The van der Waals surface area contributed by atoms with Gasteiger partial charge in [0.1, 0.15) is 0 Å². The Kier molecular flexibility index (Phi) is 4.94. The average Bonchev–Trinajstić information content (AvgIpc) is 3.35. The van der Waals surface area contributed by atoms with E-state index in [1.165, 1.54) is 11.3 Å². The third kappa shape index (κ3) is 3.82. The number of nitrogens with zero attached hydrogens (tertiary/aromatic N) is 3. The minimum atomic E-state index is 0.00461. The fraction of sp³-hybridized carbons (Fsp3) is 0.500. The summed E-state index contributed by atoms with van der Waals surface area (Å²) < 4.78 is 5.44. The largest absolute Gasteiger partial charge is 0.381 e. The van der Waals surface area contributed by atoms with E-state index in [1.807, 2.05) is 29.1 Å². The predicted molar refractivity (Wildman–Crippen MR) is 97.2 cm³/mol. The van der Waals surface area contributed by atoms with Gasteiger partial charge in [-0.1, -0.05) is 0 Å². The van der Waals surface area contributed by atoms with E-state index in [9.17, 15) is 4.79 Å². The maximum atomic E-state index is 12.2. The summed E-state index contributed by atoms with van der Waals surface area (Å²) in [7, 11) is 0. The molecule has 0 bridgehead atoms. The molecule has 0 aromatic carbocycles. The zero-order valence-corrected chi connectivity index (χ0v) is 14.9. The van der Waals surface area contributed by atoms with Crippen LogP contribution in [0.5, 0.6) is 0 Å². The number of aromatic nitrogens is 2. The molecule has 4 heterocycles. The van der Waals surface area contributed by atoms with Crippen LogP contribution in [0.4, 0.5) is 5.95 Å². The number of amides is 1. The Morgan fingerprint density at radius 1 is 1.28 bits per heavy atom. The number of carbonyl (C=O) groups is 1. The zero-order valence-electron chi connectivity index (χ0n) is 14.1. The highest BCUT2D eigenvalue weighted by molar-refractivity contribution is 7.08. The van der Waals surface area contributed by atoms with Gasteiger partial charge >= 0.3 is 0 Å². The monoisotopic (exact) mass is 358 g/mol. The molecular weight excluding hydrogens is 336 g/mol. The Labute approximate surface area is 151 Å². The number of hydrogen-bond acceptors (Lipinski definition) is 6. The molecule has 2 saturated heterocycles. The molecule has 2 aliphatic heterocycles. The van der Waals surface area contributed by atoms with Crippen LogP contribution in [0.3, 0.4) is 0 Å². The molecule has 1 amide bonds. The number of thiophene rings is 1. The van der Waals surface area contributed by atoms with E-state index < -0.39 is 0 Å². The quantitative estimate of drug-likeness (QED) is 0.909. The van der Waals surface area contributed by atoms with Crippen LogP contribution >= 0.6 is 11.3 Å². The van der Waals surface area contributed by atoms with Crippen molar-refractivity contribution in [2.45, 2.75) is 31.2 Å². The summed E-state index contributed by atoms with van der Waals surface area (Å²) in [5, 5.41) is 6.91. The summed E-state index contributed by atoms with van der Waals surface area (Å²) in [5.74, 6) is 1.24. The number of hydrogen-bond donors (Lipinski definition) is 1. The maximum Gasteiger partial charge on any atom is 0.252 e. The molecule has 2 fully saturated rings. The highest BCUT2D eigenvalue weighted by atomic mass is 32.1. The van der Waals surface area contributed by atoms with Gasteiger partial charge in [-0.3, -0.25) is 4.79 Å². The predicted octanol–water partition coefficient (Wildman–Crippen LogP) is 2.44. The van der Waals surface area contributed by atoms with Gasteiger partial charge in [0.15, 0.2) is 0 Å². The van der Waals surface area contributed by atoms with Gasteiger partial charge in [-0.2, -0.15) is 11.3 Å². The van der Waals surface area contributed by atoms with E-state index in [1.54, 1.807) is 0 Å². The van der Waals surface area contributed by atoms with E-state index in [0.29, 0.717) is 5.92 Å². The molecule has 4 rings (SSSR count). The second kappa shape index (κ2) is 7.49. The van der Waals surface area contributed by atoms with Gasteiger partial charge in [-0.15, -0.1) is 0 Å². The summed E-state index contributed by atoms with van der Waals surface area (Å²) >= 11 is 1.54. The van der Waals surface area contributed by atoms with Crippen molar-refractivity contribution < 1.29 is 9.53 Å². The third-order valence-electron chi connectivity index (χ3n) is 4.89. The smallest absolute Gasteiger partial charge is 0.252 e. The first-order valence-electron chi connectivity index (χ1n) is 8.78. The number of rotatable bonds is 4. The fourth-order valence-electron chi connectivity index (χ4n) is 3.46. The van der Waals surface area contributed by atoms with E-state index in [-0.39, 0.29) is 11.9 Å². The van der Waals surface area contributed by atoms with Gasteiger partial charge in [0, 0.05) is 61.1 Å². The van der Waals surface area contributed by atoms with Crippen molar-refractivity contribution in [3.05, 3.63) is 40.3 Å². The molecule has 25 heavy (non-hydrogen) atoms. The fourth-order valence-corrected chi connectivity index (χ4v) is 4.09. The SMILES string of the molecule is O=C(NC1CCN(c2nccc(C3CCOCC3)n2)C1)c1ccsc1. The van der Waals surface area contributed by atoms with E-state index in [4.69, 9.17) is 9.72 Å². The van der Waals surface area contributed by atoms with Crippen molar-refractivity contribution in [2.24, 2.45) is 0 Å². The molecule has 2 aliphatic rings. The second-order valence-corrected chi connectivity index (χ2v) is 7.37. The number of anilines is 1. The lowest BCUT2D eigenvalue weighted by Crippen LogP contribution is -2.37. The van der Waals surface area contributed by atoms with Crippen LogP contribution in [-0.2, 0) is 4.74 Å². The molecule has 0 saturated carbocycles. The molecule has 1 atom stereocenters. The van der Waals surface area contributed by atoms with Crippen LogP contribution in [0.25, 0.3) is 0 Å². The summed E-state index contributed by atoms with van der Waals surface area (Å²) in [4.78, 5) is 23.6. The average molecular weight is 358 g/mol. The van der Waals surface area contributed by atoms with Crippen LogP contribution < -0.4 is 10.2 Å². The van der Waals surface area contributed by atoms with Crippen LogP contribution in [-0.4, -0.2) is 48.2 Å². The summed E-state index contributed by atoms with van der Waals surface area (Å²) in [6.45, 7) is 3.24. The van der Waals surface area contributed by atoms with Crippen LogP contribution in [0.2, 0.25) is 0 Å². The number of carbonyl (C=O) groups excluding carboxylic acids is 1. The van der Waals surface area contributed by atoms with Crippen molar-refractivity contribution >= 4 is 23.2 Å². The molecule has 6 nitrogen and oxygen atoms in total. The van der Waals surface area contributed by atoms with Gasteiger partial charge in [-0.05, 0) is 36.8 Å². The van der Waals surface area contributed by atoms with Gasteiger partial charge < -0.3 is 15.0 Å². The van der Waals surface area contributed by atoms with Gasteiger partial charge in [0.25, 0.3) is 5.91 Å². The van der Waals surface area contributed by atoms with E-state index in [2.05, 4.69) is 15.2 Å². The Bertz CT molecular complexity index is 716. The first kappa shape index (κ1) is 16.5. The lowest BCUT2D eigenvalue weighted by molar-refractivity contribution is 0.0845.